The Morgan fingerprint density at radius 3 is 2.79 bits per heavy atom. The second kappa shape index (κ2) is 5.53. The van der Waals surface area contributed by atoms with Crippen molar-refractivity contribution in [3.8, 4) is 5.75 Å². The molecule has 0 aliphatic heterocycles. The minimum atomic E-state index is -0.535. The molecule has 0 amide bonds. The van der Waals surface area contributed by atoms with Crippen LogP contribution in [0.2, 0.25) is 5.02 Å². The average Bonchev–Trinajstić information content (AvgIpc) is 2.39. The van der Waals surface area contributed by atoms with Crippen molar-refractivity contribution in [2.75, 3.05) is 5.32 Å². The van der Waals surface area contributed by atoms with E-state index in [4.69, 9.17) is 16.7 Å². The highest BCUT2D eigenvalue weighted by atomic mass is 35.5. The van der Waals surface area contributed by atoms with E-state index in [0.717, 1.165) is 0 Å². The highest BCUT2D eigenvalue weighted by molar-refractivity contribution is 6.32. The van der Waals surface area contributed by atoms with Crippen LogP contribution in [0.4, 0.5) is 11.4 Å². The highest BCUT2D eigenvalue weighted by Crippen LogP contribution is 2.27. The Kier molecular flexibility index (Phi) is 3.82. The lowest BCUT2D eigenvalue weighted by atomic mass is 10.2. The summed E-state index contributed by atoms with van der Waals surface area (Å²) in [6, 6.07) is 7.66. The number of halogens is 1. The predicted molar refractivity (Wildman–Crippen MR) is 71.3 cm³/mol. The average molecular weight is 280 g/mol. The maximum atomic E-state index is 10.7. The third-order valence-corrected chi connectivity index (χ3v) is 2.75. The van der Waals surface area contributed by atoms with Crippen LogP contribution in [0.25, 0.3) is 0 Å². The van der Waals surface area contributed by atoms with Gasteiger partial charge in [-0.05, 0) is 24.3 Å². The molecule has 0 fully saturated rings. The number of rotatable bonds is 4. The lowest BCUT2D eigenvalue weighted by molar-refractivity contribution is -0.384. The van der Waals surface area contributed by atoms with Crippen molar-refractivity contribution in [2.24, 2.45) is 0 Å². The Morgan fingerprint density at radius 1 is 1.37 bits per heavy atom. The van der Waals surface area contributed by atoms with E-state index in [2.05, 4.69) is 10.3 Å². The summed E-state index contributed by atoms with van der Waals surface area (Å²) >= 11 is 5.72. The Hall–Kier alpha value is -2.34. The summed E-state index contributed by atoms with van der Waals surface area (Å²) in [7, 11) is 0. The predicted octanol–water partition coefficient (Wildman–Crippen LogP) is 2.96. The van der Waals surface area contributed by atoms with Crippen molar-refractivity contribution >= 4 is 23.0 Å². The van der Waals surface area contributed by atoms with E-state index in [-0.39, 0.29) is 16.5 Å². The van der Waals surface area contributed by atoms with Gasteiger partial charge in [-0.15, -0.1) is 0 Å². The first-order valence-corrected chi connectivity index (χ1v) is 5.76. The number of aromatic hydroxyl groups is 1. The first-order chi connectivity index (χ1) is 9.06. The molecule has 0 unspecified atom stereocenters. The van der Waals surface area contributed by atoms with E-state index in [1.165, 1.54) is 24.4 Å². The normalized spacial score (nSPS) is 10.2. The van der Waals surface area contributed by atoms with E-state index < -0.39 is 4.92 Å². The van der Waals surface area contributed by atoms with Crippen LogP contribution in [0.15, 0.2) is 36.5 Å². The number of hydrogen-bond acceptors (Lipinski definition) is 5. The van der Waals surface area contributed by atoms with Crippen LogP contribution in [0.5, 0.6) is 5.75 Å². The summed E-state index contributed by atoms with van der Waals surface area (Å²) in [6.45, 7) is 0.388. The SMILES string of the molecule is O=[N+]([O-])c1cc(NCc2ccc(O)cn2)ccc1Cl. The summed E-state index contributed by atoms with van der Waals surface area (Å²) in [5.74, 6) is 0.0888. The number of hydrogen-bond donors (Lipinski definition) is 2. The fourth-order valence-electron chi connectivity index (χ4n) is 1.48. The molecule has 7 heteroatoms. The second-order valence-corrected chi connectivity index (χ2v) is 4.19. The van der Waals surface area contributed by atoms with Gasteiger partial charge in [-0.2, -0.15) is 0 Å². The molecule has 0 saturated heterocycles. The molecule has 2 N–H and O–H groups in total. The molecule has 1 aromatic heterocycles. The third-order valence-electron chi connectivity index (χ3n) is 2.43. The summed E-state index contributed by atoms with van der Waals surface area (Å²) in [5, 5.41) is 22.9. The van der Waals surface area contributed by atoms with E-state index in [1.807, 2.05) is 0 Å². The molecule has 1 aromatic carbocycles. The zero-order valence-electron chi connectivity index (χ0n) is 9.71. The van der Waals surface area contributed by atoms with Gasteiger partial charge in [0.15, 0.2) is 0 Å². The zero-order chi connectivity index (χ0) is 13.8. The van der Waals surface area contributed by atoms with E-state index in [9.17, 15) is 10.1 Å². The number of nitrogens with zero attached hydrogens (tertiary/aromatic N) is 2. The number of nitro groups is 1. The van der Waals surface area contributed by atoms with Crippen molar-refractivity contribution in [2.45, 2.75) is 6.54 Å². The van der Waals surface area contributed by atoms with Gasteiger partial charge in [0, 0.05) is 11.8 Å². The summed E-state index contributed by atoms with van der Waals surface area (Å²) in [5.41, 5.74) is 1.13. The molecular weight excluding hydrogens is 270 g/mol. The molecule has 0 saturated carbocycles. The third kappa shape index (κ3) is 3.32. The molecule has 0 radical (unpaired) electrons. The van der Waals surface area contributed by atoms with Gasteiger partial charge < -0.3 is 10.4 Å². The van der Waals surface area contributed by atoms with Crippen LogP contribution < -0.4 is 5.32 Å². The van der Waals surface area contributed by atoms with Crippen molar-refractivity contribution in [1.82, 2.24) is 4.98 Å². The molecule has 0 atom stereocenters. The monoisotopic (exact) mass is 279 g/mol. The lowest BCUT2D eigenvalue weighted by Crippen LogP contribution is -2.01. The van der Waals surface area contributed by atoms with Crippen molar-refractivity contribution in [3.05, 3.63) is 57.4 Å². The number of nitro benzene ring substituents is 1. The molecule has 2 aromatic rings. The minimum Gasteiger partial charge on any atom is -0.506 e. The van der Waals surface area contributed by atoms with Gasteiger partial charge >= 0.3 is 0 Å². The Labute approximate surface area is 113 Å². The van der Waals surface area contributed by atoms with Crippen LogP contribution >= 0.6 is 11.6 Å². The van der Waals surface area contributed by atoms with Crippen LogP contribution in [0.3, 0.4) is 0 Å². The van der Waals surface area contributed by atoms with E-state index in [1.54, 1.807) is 12.1 Å². The van der Waals surface area contributed by atoms with Crippen molar-refractivity contribution in [3.63, 3.8) is 0 Å². The molecule has 0 spiro atoms. The quantitative estimate of drug-likeness (QED) is 0.663. The van der Waals surface area contributed by atoms with E-state index in [0.29, 0.717) is 17.9 Å². The molecule has 2 rings (SSSR count). The fourth-order valence-corrected chi connectivity index (χ4v) is 1.66. The number of anilines is 1. The second-order valence-electron chi connectivity index (χ2n) is 3.78. The standard InChI is InChI=1S/C12H10ClN3O3/c13-11-4-2-8(5-12(11)16(18)19)14-6-9-1-3-10(17)7-15-9/h1-5,7,14,17H,6H2. The molecule has 6 nitrogen and oxygen atoms in total. The summed E-state index contributed by atoms with van der Waals surface area (Å²) in [6.07, 6.45) is 1.33. The topological polar surface area (TPSA) is 88.3 Å². The molecule has 1 heterocycles. The number of benzene rings is 1. The molecule has 0 aliphatic carbocycles. The van der Waals surface area contributed by atoms with Crippen LogP contribution in [-0.4, -0.2) is 15.0 Å². The van der Waals surface area contributed by atoms with Gasteiger partial charge in [0.2, 0.25) is 0 Å². The van der Waals surface area contributed by atoms with E-state index >= 15 is 0 Å². The van der Waals surface area contributed by atoms with Crippen molar-refractivity contribution < 1.29 is 10.0 Å². The summed E-state index contributed by atoms with van der Waals surface area (Å²) in [4.78, 5) is 14.2. The van der Waals surface area contributed by atoms with Crippen LogP contribution in [0, 0.1) is 10.1 Å². The van der Waals surface area contributed by atoms with Crippen molar-refractivity contribution in [1.29, 1.82) is 0 Å². The van der Waals surface area contributed by atoms with Gasteiger partial charge in [-0.3, -0.25) is 15.1 Å². The Balaban J connectivity index is 2.09. The number of nitrogens with one attached hydrogen (secondary N) is 1. The van der Waals surface area contributed by atoms with Gasteiger partial charge in [0.1, 0.15) is 10.8 Å². The van der Waals surface area contributed by atoms with Crippen LogP contribution in [0.1, 0.15) is 5.69 Å². The molecule has 0 bridgehead atoms. The Morgan fingerprint density at radius 2 is 2.16 bits per heavy atom. The maximum Gasteiger partial charge on any atom is 0.289 e. The number of pyridine rings is 1. The van der Waals surface area contributed by atoms with Gasteiger partial charge in [-0.25, -0.2) is 0 Å². The molecular formula is C12H10ClN3O3. The first-order valence-electron chi connectivity index (χ1n) is 5.38. The van der Waals surface area contributed by atoms with Gasteiger partial charge in [0.05, 0.1) is 23.4 Å². The smallest absolute Gasteiger partial charge is 0.289 e. The maximum absolute atomic E-state index is 10.7. The first kappa shape index (κ1) is 13.1. The molecule has 98 valence electrons. The lowest BCUT2D eigenvalue weighted by Gasteiger charge is -2.06. The summed E-state index contributed by atoms with van der Waals surface area (Å²) < 4.78 is 0. The largest absolute Gasteiger partial charge is 0.506 e. The molecule has 19 heavy (non-hydrogen) atoms. The minimum absolute atomic E-state index is 0.0888. The van der Waals surface area contributed by atoms with Crippen LogP contribution in [-0.2, 0) is 6.54 Å². The fraction of sp³-hybridized carbons (Fsp3) is 0.0833. The molecule has 0 aliphatic rings. The number of aromatic nitrogens is 1. The van der Waals surface area contributed by atoms with Gasteiger partial charge in [0.25, 0.3) is 5.69 Å². The van der Waals surface area contributed by atoms with Gasteiger partial charge in [-0.1, -0.05) is 11.6 Å². The zero-order valence-corrected chi connectivity index (χ0v) is 10.5. The highest BCUT2D eigenvalue weighted by Gasteiger charge is 2.12. The Bertz CT molecular complexity index is 602.